The SMILES string of the molecule is CCNC(=NCCC(=O)N(CC)CC)NC1CCN(c2ccc(F)cc2F)C1.I. The molecule has 164 valence electrons. The van der Waals surface area contributed by atoms with Crippen LogP contribution in [0.15, 0.2) is 23.2 Å². The summed E-state index contributed by atoms with van der Waals surface area (Å²) >= 11 is 0. The average molecular weight is 523 g/mol. The number of halogens is 3. The molecule has 1 saturated heterocycles. The minimum Gasteiger partial charge on any atom is -0.367 e. The number of aliphatic imine (C=N–C) groups is 1. The third-order valence-electron chi connectivity index (χ3n) is 4.84. The van der Waals surface area contributed by atoms with Crippen LogP contribution < -0.4 is 15.5 Å². The maximum Gasteiger partial charge on any atom is 0.224 e. The summed E-state index contributed by atoms with van der Waals surface area (Å²) in [6.07, 6.45) is 1.19. The van der Waals surface area contributed by atoms with Gasteiger partial charge in [0.05, 0.1) is 12.2 Å². The molecule has 0 saturated carbocycles. The highest BCUT2D eigenvalue weighted by atomic mass is 127. The number of hydrogen-bond donors (Lipinski definition) is 2. The van der Waals surface area contributed by atoms with Gasteiger partial charge in [0.2, 0.25) is 5.91 Å². The quantitative estimate of drug-likeness (QED) is 0.313. The van der Waals surface area contributed by atoms with E-state index in [0.717, 1.165) is 12.5 Å². The number of nitrogens with one attached hydrogen (secondary N) is 2. The summed E-state index contributed by atoms with van der Waals surface area (Å²) in [6, 6.07) is 3.76. The van der Waals surface area contributed by atoms with Crippen molar-refractivity contribution in [2.24, 2.45) is 4.99 Å². The normalized spacial score (nSPS) is 16.4. The van der Waals surface area contributed by atoms with Crippen molar-refractivity contribution in [1.29, 1.82) is 0 Å². The van der Waals surface area contributed by atoms with Gasteiger partial charge in [-0.3, -0.25) is 9.79 Å². The van der Waals surface area contributed by atoms with E-state index in [2.05, 4.69) is 15.6 Å². The third kappa shape index (κ3) is 7.60. The standard InChI is InChI=1S/C20H31F2N5O.HI/c1-4-23-20(24-11-9-19(28)26(5-2)6-3)25-16-10-12-27(14-16)18-8-7-15(21)13-17(18)22;/h7-8,13,16H,4-6,9-12,14H2,1-3H3,(H2,23,24,25);1H. The zero-order valence-corrected chi connectivity index (χ0v) is 19.7. The number of hydrogen-bond acceptors (Lipinski definition) is 3. The monoisotopic (exact) mass is 523 g/mol. The molecule has 0 spiro atoms. The first kappa shape index (κ1) is 25.4. The Balaban J connectivity index is 0.00000420. The van der Waals surface area contributed by atoms with Crippen molar-refractivity contribution in [2.75, 3.05) is 44.2 Å². The minimum atomic E-state index is -0.573. The van der Waals surface area contributed by atoms with Crippen LogP contribution in [0.5, 0.6) is 0 Å². The Labute approximate surface area is 189 Å². The maximum atomic E-state index is 14.0. The Bertz CT molecular complexity index is 685. The summed E-state index contributed by atoms with van der Waals surface area (Å²) < 4.78 is 27.1. The first-order valence-corrected chi connectivity index (χ1v) is 10.0. The average Bonchev–Trinajstić information content (AvgIpc) is 3.11. The van der Waals surface area contributed by atoms with Crippen molar-refractivity contribution in [3.05, 3.63) is 29.8 Å². The van der Waals surface area contributed by atoms with Crippen LogP contribution >= 0.6 is 24.0 Å². The van der Waals surface area contributed by atoms with E-state index in [4.69, 9.17) is 0 Å². The Morgan fingerprint density at radius 3 is 2.62 bits per heavy atom. The molecule has 1 unspecified atom stereocenters. The third-order valence-corrected chi connectivity index (χ3v) is 4.84. The molecule has 1 heterocycles. The number of rotatable bonds is 8. The van der Waals surface area contributed by atoms with Gasteiger partial charge in [0.25, 0.3) is 0 Å². The van der Waals surface area contributed by atoms with E-state index in [-0.39, 0.29) is 35.9 Å². The van der Waals surface area contributed by atoms with E-state index in [1.807, 2.05) is 25.7 Å². The first-order valence-electron chi connectivity index (χ1n) is 10.0. The Morgan fingerprint density at radius 2 is 2.00 bits per heavy atom. The fraction of sp³-hybridized carbons (Fsp3) is 0.600. The van der Waals surface area contributed by atoms with Gasteiger partial charge < -0.3 is 20.4 Å². The zero-order chi connectivity index (χ0) is 20.5. The second-order valence-electron chi connectivity index (χ2n) is 6.75. The van der Waals surface area contributed by atoms with Gasteiger partial charge >= 0.3 is 0 Å². The highest BCUT2D eigenvalue weighted by Gasteiger charge is 2.25. The van der Waals surface area contributed by atoms with E-state index in [0.29, 0.717) is 57.3 Å². The molecule has 1 aliphatic rings. The topological polar surface area (TPSA) is 60.0 Å². The number of anilines is 1. The highest BCUT2D eigenvalue weighted by molar-refractivity contribution is 14.0. The van der Waals surface area contributed by atoms with Crippen LogP contribution in [0.1, 0.15) is 33.6 Å². The summed E-state index contributed by atoms with van der Waals surface area (Å²) in [7, 11) is 0. The lowest BCUT2D eigenvalue weighted by Crippen LogP contribution is -2.44. The molecule has 1 atom stereocenters. The number of benzene rings is 1. The van der Waals surface area contributed by atoms with Gasteiger partial charge in [0, 0.05) is 51.3 Å². The van der Waals surface area contributed by atoms with Crippen LogP contribution in [0, 0.1) is 11.6 Å². The molecule has 0 bridgehead atoms. The molecule has 29 heavy (non-hydrogen) atoms. The molecule has 2 rings (SSSR count). The van der Waals surface area contributed by atoms with Crippen molar-refractivity contribution in [3.63, 3.8) is 0 Å². The number of carbonyl (C=O) groups is 1. The van der Waals surface area contributed by atoms with Crippen LogP contribution in [-0.2, 0) is 4.79 Å². The molecule has 2 N–H and O–H groups in total. The predicted molar refractivity (Wildman–Crippen MR) is 124 cm³/mol. The van der Waals surface area contributed by atoms with Gasteiger partial charge in [-0.25, -0.2) is 8.78 Å². The van der Waals surface area contributed by atoms with Crippen LogP contribution in [-0.4, -0.2) is 62.1 Å². The fourth-order valence-electron chi connectivity index (χ4n) is 3.35. The number of guanidine groups is 1. The van der Waals surface area contributed by atoms with E-state index in [1.54, 1.807) is 4.90 Å². The molecule has 0 aromatic heterocycles. The van der Waals surface area contributed by atoms with E-state index in [1.165, 1.54) is 12.1 Å². The largest absolute Gasteiger partial charge is 0.367 e. The second kappa shape index (κ2) is 12.8. The van der Waals surface area contributed by atoms with Crippen molar-refractivity contribution in [1.82, 2.24) is 15.5 Å². The molecule has 1 aliphatic heterocycles. The van der Waals surface area contributed by atoms with E-state index in [9.17, 15) is 13.6 Å². The van der Waals surface area contributed by atoms with Crippen molar-refractivity contribution in [2.45, 2.75) is 39.7 Å². The molecule has 9 heteroatoms. The van der Waals surface area contributed by atoms with E-state index >= 15 is 0 Å². The van der Waals surface area contributed by atoms with E-state index < -0.39 is 11.6 Å². The summed E-state index contributed by atoms with van der Waals surface area (Å²) in [5, 5.41) is 6.54. The summed E-state index contributed by atoms with van der Waals surface area (Å²) in [5.41, 5.74) is 0.414. The Hall–Kier alpha value is -1.65. The lowest BCUT2D eigenvalue weighted by molar-refractivity contribution is -0.130. The number of amides is 1. The summed E-state index contributed by atoms with van der Waals surface area (Å²) in [4.78, 5) is 20.3. The maximum absolute atomic E-state index is 14.0. The smallest absolute Gasteiger partial charge is 0.224 e. The number of carbonyl (C=O) groups excluding carboxylic acids is 1. The Kier molecular flexibility index (Phi) is 11.2. The molecule has 6 nitrogen and oxygen atoms in total. The van der Waals surface area contributed by atoms with Gasteiger partial charge in [0.15, 0.2) is 5.96 Å². The van der Waals surface area contributed by atoms with Gasteiger partial charge in [-0.2, -0.15) is 0 Å². The van der Waals surface area contributed by atoms with Crippen LogP contribution in [0.3, 0.4) is 0 Å². The van der Waals surface area contributed by atoms with Crippen molar-refractivity contribution in [3.8, 4) is 0 Å². The van der Waals surface area contributed by atoms with Gasteiger partial charge in [0.1, 0.15) is 11.6 Å². The summed E-state index contributed by atoms with van der Waals surface area (Å²) in [6.45, 7) is 9.72. The Morgan fingerprint density at radius 1 is 1.28 bits per heavy atom. The molecule has 1 fully saturated rings. The molecule has 1 amide bonds. The zero-order valence-electron chi connectivity index (χ0n) is 17.4. The van der Waals surface area contributed by atoms with Gasteiger partial charge in [-0.1, -0.05) is 0 Å². The van der Waals surface area contributed by atoms with Gasteiger partial charge in [-0.15, -0.1) is 24.0 Å². The molecule has 0 aliphatic carbocycles. The van der Waals surface area contributed by atoms with Crippen LogP contribution in [0.25, 0.3) is 0 Å². The number of nitrogens with zero attached hydrogens (tertiary/aromatic N) is 3. The molecular weight excluding hydrogens is 491 g/mol. The predicted octanol–water partition coefficient (Wildman–Crippen LogP) is 2.98. The molecule has 1 aromatic rings. The molecular formula is C20H32F2IN5O. The van der Waals surface area contributed by atoms with Crippen molar-refractivity contribution >= 4 is 41.5 Å². The lowest BCUT2D eigenvalue weighted by Gasteiger charge is -2.21. The first-order chi connectivity index (χ1) is 13.5. The molecule has 1 aromatic carbocycles. The highest BCUT2D eigenvalue weighted by Crippen LogP contribution is 2.24. The minimum absolute atomic E-state index is 0. The second-order valence-corrected chi connectivity index (χ2v) is 6.75. The van der Waals surface area contributed by atoms with Crippen LogP contribution in [0.4, 0.5) is 14.5 Å². The molecule has 0 radical (unpaired) electrons. The summed E-state index contributed by atoms with van der Waals surface area (Å²) in [5.74, 6) is -0.364. The van der Waals surface area contributed by atoms with Gasteiger partial charge in [-0.05, 0) is 39.3 Å². The van der Waals surface area contributed by atoms with Crippen molar-refractivity contribution < 1.29 is 13.6 Å². The van der Waals surface area contributed by atoms with Crippen LogP contribution in [0.2, 0.25) is 0 Å². The fourth-order valence-corrected chi connectivity index (χ4v) is 3.35. The lowest BCUT2D eigenvalue weighted by atomic mass is 10.2.